The summed E-state index contributed by atoms with van der Waals surface area (Å²) in [6.45, 7) is 0.955. The van der Waals surface area contributed by atoms with Gasteiger partial charge in [0.05, 0.1) is 28.6 Å². The second-order valence-corrected chi connectivity index (χ2v) is 11.2. The van der Waals surface area contributed by atoms with Crippen molar-refractivity contribution in [2.75, 3.05) is 18.5 Å². The van der Waals surface area contributed by atoms with Crippen LogP contribution in [0, 0.1) is 17.1 Å². The second kappa shape index (κ2) is 11.6. The molecule has 1 atom stereocenters. The SMILES string of the molecule is C[C@H]1Nc2nc(=O)[nH]c3cc(c(C4(C#N)CC4)cc23)CCCCCCCCCOCC(F)(F)c2cccc1c2F. The summed E-state index contributed by atoms with van der Waals surface area (Å²) >= 11 is 0. The summed E-state index contributed by atoms with van der Waals surface area (Å²) < 4.78 is 50.8. The maximum atomic E-state index is 15.5. The van der Waals surface area contributed by atoms with Crippen molar-refractivity contribution in [3.63, 3.8) is 0 Å². The number of nitrogens with zero attached hydrogens (tertiary/aromatic N) is 2. The van der Waals surface area contributed by atoms with Gasteiger partial charge >= 0.3 is 5.69 Å². The zero-order chi connectivity index (χ0) is 28.3. The van der Waals surface area contributed by atoms with Gasteiger partial charge in [0.1, 0.15) is 18.2 Å². The largest absolute Gasteiger partial charge is 0.375 e. The van der Waals surface area contributed by atoms with Crippen LogP contribution in [0.4, 0.5) is 19.0 Å². The summed E-state index contributed by atoms with van der Waals surface area (Å²) in [5, 5.41) is 13.7. The van der Waals surface area contributed by atoms with Crippen molar-refractivity contribution < 1.29 is 17.9 Å². The topological polar surface area (TPSA) is 90.8 Å². The summed E-state index contributed by atoms with van der Waals surface area (Å²) in [5.74, 6) is -4.29. The summed E-state index contributed by atoms with van der Waals surface area (Å²) in [5.41, 5.74) is 0.750. The van der Waals surface area contributed by atoms with E-state index in [1.54, 1.807) is 6.92 Å². The van der Waals surface area contributed by atoms with Crippen molar-refractivity contribution in [2.45, 2.75) is 88.5 Å². The molecule has 1 saturated carbocycles. The molecule has 0 unspecified atom stereocenters. The Labute approximate surface area is 232 Å². The van der Waals surface area contributed by atoms with Crippen LogP contribution >= 0.6 is 0 Å². The monoisotopic (exact) mass is 552 g/mol. The van der Waals surface area contributed by atoms with E-state index in [1.165, 1.54) is 12.1 Å². The highest BCUT2D eigenvalue weighted by atomic mass is 19.3. The van der Waals surface area contributed by atoms with Gasteiger partial charge in [-0.1, -0.05) is 44.2 Å². The number of fused-ring (bicyclic) bond motifs is 13. The highest BCUT2D eigenvalue weighted by Gasteiger charge is 2.46. The molecule has 2 aliphatic heterocycles. The maximum Gasteiger partial charge on any atom is 0.347 e. The Hall–Kier alpha value is -3.38. The molecule has 212 valence electrons. The third-order valence-corrected chi connectivity index (χ3v) is 8.19. The first-order valence-electron chi connectivity index (χ1n) is 14.2. The molecule has 0 spiro atoms. The molecule has 0 saturated heterocycles. The molecule has 1 fully saturated rings. The van der Waals surface area contributed by atoms with Crippen LogP contribution in [0.3, 0.4) is 0 Å². The standard InChI is InChI=1S/C31H35F3N4O2/c1-20-22-11-9-12-24(27(22)32)31(33,34)19-40-15-8-6-4-2-3-5-7-10-21-16-26-23(28(36-20)38-29(39)37-26)17-25(21)30(18-35)13-14-30/h9,11-12,16-17,20H,2-8,10,13-15,19H2,1H3,(H2,36,37,38,39)/t20-/m1/s1. The number of aryl methyl sites for hydroxylation is 1. The van der Waals surface area contributed by atoms with Crippen molar-refractivity contribution in [3.8, 4) is 6.07 Å². The fourth-order valence-electron chi connectivity index (χ4n) is 5.71. The molecular weight excluding hydrogens is 517 g/mol. The molecule has 6 nitrogen and oxygen atoms in total. The smallest absolute Gasteiger partial charge is 0.347 e. The fourth-order valence-corrected chi connectivity index (χ4v) is 5.71. The predicted octanol–water partition coefficient (Wildman–Crippen LogP) is 7.19. The van der Waals surface area contributed by atoms with Crippen LogP contribution in [-0.4, -0.2) is 23.2 Å². The van der Waals surface area contributed by atoms with Crippen LogP contribution in [0.15, 0.2) is 35.1 Å². The van der Waals surface area contributed by atoms with E-state index >= 15 is 4.39 Å². The number of alkyl halides is 2. The van der Waals surface area contributed by atoms with Crippen molar-refractivity contribution in [3.05, 3.63) is 68.9 Å². The zero-order valence-electron chi connectivity index (χ0n) is 22.8. The van der Waals surface area contributed by atoms with E-state index in [1.807, 2.05) is 12.1 Å². The quantitative estimate of drug-likeness (QED) is 0.334. The minimum Gasteiger partial charge on any atom is -0.375 e. The number of ether oxygens (including phenoxy) is 1. The van der Waals surface area contributed by atoms with Crippen molar-refractivity contribution >= 4 is 16.7 Å². The van der Waals surface area contributed by atoms with Crippen LogP contribution in [0.2, 0.25) is 0 Å². The van der Waals surface area contributed by atoms with Crippen LogP contribution in [0.1, 0.15) is 93.0 Å². The minimum atomic E-state index is -3.49. The Morgan fingerprint density at radius 3 is 2.50 bits per heavy atom. The number of H-pyrrole nitrogens is 1. The van der Waals surface area contributed by atoms with E-state index in [2.05, 4.69) is 21.4 Å². The number of aromatic amines is 1. The van der Waals surface area contributed by atoms with E-state index < -0.39 is 41.1 Å². The lowest BCUT2D eigenvalue weighted by atomic mass is 9.88. The molecule has 6 rings (SSSR count). The first-order chi connectivity index (χ1) is 19.2. The lowest BCUT2D eigenvalue weighted by Gasteiger charge is -2.22. The maximum absolute atomic E-state index is 15.5. The Morgan fingerprint density at radius 1 is 1.05 bits per heavy atom. The zero-order valence-corrected chi connectivity index (χ0v) is 22.8. The average molecular weight is 553 g/mol. The third-order valence-electron chi connectivity index (χ3n) is 8.19. The Kier molecular flexibility index (Phi) is 8.18. The van der Waals surface area contributed by atoms with Gasteiger partial charge in [-0.25, -0.2) is 9.18 Å². The number of anilines is 1. The molecule has 6 bridgehead atoms. The van der Waals surface area contributed by atoms with Gasteiger partial charge < -0.3 is 15.0 Å². The number of hydrogen-bond donors (Lipinski definition) is 2. The van der Waals surface area contributed by atoms with Gasteiger partial charge in [0, 0.05) is 17.6 Å². The molecule has 0 amide bonds. The number of aromatic nitrogens is 2. The van der Waals surface area contributed by atoms with Crippen LogP contribution in [-0.2, 0) is 22.5 Å². The Bertz CT molecular complexity index is 1480. The summed E-state index contributed by atoms with van der Waals surface area (Å²) in [6.07, 6.45) is 9.03. The number of benzene rings is 2. The van der Waals surface area contributed by atoms with E-state index in [4.69, 9.17) is 4.74 Å². The predicted molar refractivity (Wildman–Crippen MR) is 148 cm³/mol. The van der Waals surface area contributed by atoms with Gasteiger partial charge in [-0.3, -0.25) is 0 Å². The summed E-state index contributed by atoms with van der Waals surface area (Å²) in [6, 6.07) is 9.50. The molecule has 3 heterocycles. The molecule has 1 aromatic heterocycles. The summed E-state index contributed by atoms with van der Waals surface area (Å²) in [7, 11) is 0. The number of halogens is 3. The van der Waals surface area contributed by atoms with Crippen molar-refractivity contribution in [1.82, 2.24) is 9.97 Å². The van der Waals surface area contributed by atoms with Crippen LogP contribution in [0.25, 0.3) is 10.9 Å². The van der Waals surface area contributed by atoms with Gasteiger partial charge in [-0.05, 0) is 68.4 Å². The molecule has 2 N–H and O–H groups in total. The Balaban J connectivity index is 1.56. The van der Waals surface area contributed by atoms with Gasteiger partial charge in [0.15, 0.2) is 0 Å². The number of hydrogen-bond acceptors (Lipinski definition) is 5. The lowest BCUT2D eigenvalue weighted by molar-refractivity contribution is -0.0853. The molecular formula is C31H35F3N4O2. The molecule has 3 aliphatic rings. The average Bonchev–Trinajstić information content (AvgIpc) is 3.72. The van der Waals surface area contributed by atoms with E-state index in [-0.39, 0.29) is 18.0 Å². The second-order valence-electron chi connectivity index (χ2n) is 11.2. The van der Waals surface area contributed by atoms with E-state index in [0.29, 0.717) is 17.3 Å². The lowest BCUT2D eigenvalue weighted by Crippen LogP contribution is -2.24. The van der Waals surface area contributed by atoms with Crippen LogP contribution < -0.4 is 11.0 Å². The van der Waals surface area contributed by atoms with Crippen LogP contribution in [0.5, 0.6) is 0 Å². The van der Waals surface area contributed by atoms with Crippen molar-refractivity contribution in [1.29, 1.82) is 5.26 Å². The number of rotatable bonds is 1. The van der Waals surface area contributed by atoms with Crippen molar-refractivity contribution in [2.24, 2.45) is 0 Å². The van der Waals surface area contributed by atoms with Gasteiger partial charge in [0.2, 0.25) is 0 Å². The molecule has 40 heavy (non-hydrogen) atoms. The highest BCUT2D eigenvalue weighted by molar-refractivity contribution is 5.90. The molecule has 0 radical (unpaired) electrons. The van der Waals surface area contributed by atoms with Gasteiger partial charge in [0.25, 0.3) is 5.92 Å². The van der Waals surface area contributed by atoms with E-state index in [9.17, 15) is 18.8 Å². The first-order valence-corrected chi connectivity index (χ1v) is 14.2. The molecule has 1 aliphatic carbocycles. The molecule has 2 aromatic carbocycles. The highest BCUT2D eigenvalue weighted by Crippen LogP contribution is 2.50. The fraction of sp³-hybridized carbons (Fsp3) is 0.516. The van der Waals surface area contributed by atoms with E-state index in [0.717, 1.165) is 75.0 Å². The molecule has 9 heteroatoms. The summed E-state index contributed by atoms with van der Waals surface area (Å²) in [4.78, 5) is 19.4. The van der Waals surface area contributed by atoms with Gasteiger partial charge in [-0.15, -0.1) is 0 Å². The third kappa shape index (κ3) is 5.87. The number of nitrogens with one attached hydrogen (secondary N) is 2. The minimum absolute atomic E-state index is 0.0297. The van der Waals surface area contributed by atoms with Gasteiger partial charge in [-0.2, -0.15) is 19.0 Å². The normalized spacial score (nSPS) is 21.6. The molecule has 3 aromatic rings. The first kappa shape index (κ1) is 28.2. The number of nitriles is 1. The Morgan fingerprint density at radius 2 is 1.77 bits per heavy atom.